The summed E-state index contributed by atoms with van der Waals surface area (Å²) in [7, 11) is 1.53. The molecule has 0 unspecified atom stereocenters. The van der Waals surface area contributed by atoms with Gasteiger partial charge in [0, 0.05) is 17.8 Å². The van der Waals surface area contributed by atoms with Crippen molar-refractivity contribution >= 4 is 17.7 Å². The number of hydrogen-bond acceptors (Lipinski definition) is 5. The first kappa shape index (κ1) is 17.8. The van der Waals surface area contributed by atoms with Gasteiger partial charge in [0.25, 0.3) is 5.91 Å². The second-order valence-corrected chi connectivity index (χ2v) is 6.14. The van der Waals surface area contributed by atoms with Gasteiger partial charge in [-0.1, -0.05) is 0 Å². The number of rotatable bonds is 7. The maximum absolute atomic E-state index is 12.4. The van der Waals surface area contributed by atoms with Gasteiger partial charge in [0.15, 0.2) is 17.3 Å². The molecule has 1 aliphatic carbocycles. The number of ether oxygens (including phenoxy) is 2. The average Bonchev–Trinajstić information content (AvgIpc) is 3.27. The van der Waals surface area contributed by atoms with E-state index < -0.39 is 5.97 Å². The maximum atomic E-state index is 12.4. The van der Waals surface area contributed by atoms with Crippen LogP contribution in [0.3, 0.4) is 0 Å². The highest BCUT2D eigenvalue weighted by Gasteiger charge is 2.19. The maximum Gasteiger partial charge on any atom is 0.325 e. The summed E-state index contributed by atoms with van der Waals surface area (Å²) in [4.78, 5) is 23.1. The van der Waals surface area contributed by atoms with E-state index in [0.29, 0.717) is 17.1 Å². The summed E-state index contributed by atoms with van der Waals surface area (Å²) < 4.78 is 12.6. The number of carboxylic acid groups (broad SMARTS) is 1. The molecule has 1 aromatic heterocycles. The van der Waals surface area contributed by atoms with E-state index >= 15 is 0 Å². The lowest BCUT2D eigenvalue weighted by molar-refractivity contribution is -0.137. The van der Waals surface area contributed by atoms with Crippen LogP contribution in [0.4, 0.5) is 5.82 Å². The lowest BCUT2D eigenvalue weighted by atomic mass is 10.2. The van der Waals surface area contributed by atoms with E-state index in [1.54, 1.807) is 18.2 Å². The van der Waals surface area contributed by atoms with Crippen molar-refractivity contribution in [3.8, 4) is 11.5 Å². The average molecular weight is 359 g/mol. The first-order valence-electron chi connectivity index (χ1n) is 8.46. The summed E-state index contributed by atoms with van der Waals surface area (Å²) in [6.45, 7) is -0.267. The van der Waals surface area contributed by atoms with Gasteiger partial charge in [0.05, 0.1) is 13.2 Å². The van der Waals surface area contributed by atoms with Gasteiger partial charge in [-0.25, -0.2) is 0 Å². The first-order chi connectivity index (χ1) is 12.5. The van der Waals surface area contributed by atoms with Crippen molar-refractivity contribution in [1.82, 2.24) is 9.78 Å². The molecule has 0 atom stereocenters. The Bertz CT molecular complexity index is 796. The summed E-state index contributed by atoms with van der Waals surface area (Å²) >= 11 is 0. The van der Waals surface area contributed by atoms with Crippen molar-refractivity contribution < 1.29 is 24.2 Å². The number of nitrogens with zero attached hydrogens (tertiary/aromatic N) is 2. The van der Waals surface area contributed by atoms with Crippen molar-refractivity contribution in [3.05, 3.63) is 36.0 Å². The molecule has 0 bridgehead atoms. The summed E-state index contributed by atoms with van der Waals surface area (Å²) in [5, 5.41) is 15.4. The third kappa shape index (κ3) is 4.33. The fourth-order valence-corrected chi connectivity index (χ4v) is 2.94. The van der Waals surface area contributed by atoms with E-state index in [1.165, 1.54) is 36.9 Å². The minimum absolute atomic E-state index is 0.196. The molecule has 1 aromatic carbocycles. The van der Waals surface area contributed by atoms with Crippen LogP contribution in [-0.4, -0.2) is 40.0 Å². The van der Waals surface area contributed by atoms with E-state index in [-0.39, 0.29) is 24.4 Å². The lowest BCUT2D eigenvalue weighted by Gasteiger charge is -2.16. The van der Waals surface area contributed by atoms with Gasteiger partial charge in [-0.3, -0.25) is 14.3 Å². The number of aromatic nitrogens is 2. The highest BCUT2D eigenvalue weighted by atomic mass is 16.5. The molecular formula is C18H21N3O5. The predicted octanol–water partition coefficient (Wildman–Crippen LogP) is 2.55. The van der Waals surface area contributed by atoms with Gasteiger partial charge >= 0.3 is 5.97 Å². The zero-order valence-corrected chi connectivity index (χ0v) is 14.5. The molecule has 3 rings (SSSR count). The molecule has 2 N–H and O–H groups in total. The van der Waals surface area contributed by atoms with Crippen LogP contribution in [-0.2, 0) is 11.3 Å². The molecule has 0 saturated heterocycles. The molecule has 1 amide bonds. The molecule has 26 heavy (non-hydrogen) atoms. The Balaban J connectivity index is 1.68. The molecule has 1 aliphatic rings. The number of carbonyl (C=O) groups excluding carboxylic acids is 1. The Morgan fingerprint density at radius 3 is 2.73 bits per heavy atom. The Hall–Kier alpha value is -3.03. The minimum atomic E-state index is -1.01. The van der Waals surface area contributed by atoms with Crippen LogP contribution >= 0.6 is 0 Å². The number of aliphatic carboxylic acids is 1. The summed E-state index contributed by atoms with van der Waals surface area (Å²) in [5.74, 6) is 0.0361. The molecule has 2 aromatic rings. The number of anilines is 1. The van der Waals surface area contributed by atoms with Crippen LogP contribution in [0, 0.1) is 0 Å². The Kier molecular flexibility index (Phi) is 5.40. The zero-order valence-electron chi connectivity index (χ0n) is 14.5. The number of carboxylic acids is 1. The Morgan fingerprint density at radius 2 is 2.04 bits per heavy atom. The van der Waals surface area contributed by atoms with Crippen LogP contribution < -0.4 is 14.8 Å². The Labute approximate surface area is 150 Å². The molecule has 0 aliphatic heterocycles. The third-order valence-electron chi connectivity index (χ3n) is 4.20. The second kappa shape index (κ2) is 7.90. The van der Waals surface area contributed by atoms with E-state index in [4.69, 9.17) is 14.6 Å². The van der Waals surface area contributed by atoms with Crippen molar-refractivity contribution in [3.63, 3.8) is 0 Å². The smallest absolute Gasteiger partial charge is 0.325 e. The van der Waals surface area contributed by atoms with Gasteiger partial charge in [0.1, 0.15) is 6.54 Å². The topological polar surface area (TPSA) is 103 Å². The molecule has 138 valence electrons. The SMILES string of the molecule is COc1cc(C(=O)Nc2ccn(CC(=O)O)n2)ccc1OC1CCCC1. The molecule has 8 heteroatoms. The summed E-state index contributed by atoms with van der Waals surface area (Å²) in [5.41, 5.74) is 0.397. The highest BCUT2D eigenvalue weighted by molar-refractivity contribution is 6.04. The minimum Gasteiger partial charge on any atom is -0.493 e. The number of methoxy groups -OCH3 is 1. The van der Waals surface area contributed by atoms with Crippen LogP contribution in [0.1, 0.15) is 36.0 Å². The molecule has 0 spiro atoms. The lowest BCUT2D eigenvalue weighted by Crippen LogP contribution is -2.15. The highest BCUT2D eigenvalue weighted by Crippen LogP contribution is 2.32. The molecule has 8 nitrogen and oxygen atoms in total. The largest absolute Gasteiger partial charge is 0.493 e. The van der Waals surface area contributed by atoms with Crippen LogP contribution in [0.5, 0.6) is 11.5 Å². The van der Waals surface area contributed by atoms with E-state index in [9.17, 15) is 9.59 Å². The fraction of sp³-hybridized carbons (Fsp3) is 0.389. The number of benzene rings is 1. The Morgan fingerprint density at radius 1 is 1.27 bits per heavy atom. The van der Waals surface area contributed by atoms with E-state index in [2.05, 4.69) is 10.4 Å². The zero-order chi connectivity index (χ0) is 18.5. The number of hydrogen-bond donors (Lipinski definition) is 2. The van der Waals surface area contributed by atoms with E-state index in [1.807, 2.05) is 0 Å². The van der Waals surface area contributed by atoms with E-state index in [0.717, 1.165) is 12.8 Å². The van der Waals surface area contributed by atoms with Gasteiger partial charge in [0.2, 0.25) is 0 Å². The second-order valence-electron chi connectivity index (χ2n) is 6.14. The van der Waals surface area contributed by atoms with Crippen molar-refractivity contribution in [2.24, 2.45) is 0 Å². The summed E-state index contributed by atoms with van der Waals surface area (Å²) in [6.07, 6.45) is 6.09. The molecule has 1 fully saturated rings. The predicted molar refractivity (Wildman–Crippen MR) is 93.7 cm³/mol. The van der Waals surface area contributed by atoms with Gasteiger partial charge < -0.3 is 19.9 Å². The van der Waals surface area contributed by atoms with Crippen LogP contribution in [0.15, 0.2) is 30.5 Å². The quantitative estimate of drug-likeness (QED) is 0.787. The number of nitrogens with one attached hydrogen (secondary N) is 1. The normalized spacial score (nSPS) is 14.2. The van der Waals surface area contributed by atoms with Gasteiger partial charge in [-0.2, -0.15) is 5.10 Å². The number of carbonyl (C=O) groups is 2. The van der Waals surface area contributed by atoms with Crippen molar-refractivity contribution in [1.29, 1.82) is 0 Å². The molecular weight excluding hydrogens is 338 g/mol. The van der Waals surface area contributed by atoms with Gasteiger partial charge in [-0.05, 0) is 43.9 Å². The standard InChI is InChI=1S/C18H21N3O5/c1-25-15-10-12(6-7-14(15)26-13-4-2-3-5-13)18(24)19-16-8-9-21(20-16)11-17(22)23/h6-10,13H,2-5,11H2,1H3,(H,22,23)(H,19,20,24). The van der Waals surface area contributed by atoms with Crippen LogP contribution in [0.2, 0.25) is 0 Å². The molecule has 1 saturated carbocycles. The fourth-order valence-electron chi connectivity index (χ4n) is 2.94. The summed E-state index contributed by atoms with van der Waals surface area (Å²) in [6, 6.07) is 6.55. The van der Waals surface area contributed by atoms with Crippen molar-refractivity contribution in [2.45, 2.75) is 38.3 Å². The number of amides is 1. The monoisotopic (exact) mass is 359 g/mol. The molecule has 1 heterocycles. The third-order valence-corrected chi connectivity index (χ3v) is 4.20. The van der Waals surface area contributed by atoms with Crippen molar-refractivity contribution in [2.75, 3.05) is 12.4 Å². The van der Waals surface area contributed by atoms with Crippen LogP contribution in [0.25, 0.3) is 0 Å². The molecule has 0 radical (unpaired) electrons. The first-order valence-corrected chi connectivity index (χ1v) is 8.46. The van der Waals surface area contributed by atoms with Gasteiger partial charge in [-0.15, -0.1) is 0 Å².